The van der Waals surface area contributed by atoms with E-state index in [1.807, 2.05) is 48.5 Å². The van der Waals surface area contributed by atoms with Crippen LogP contribution >= 0.6 is 23.2 Å². The third-order valence-electron chi connectivity index (χ3n) is 9.20. The Morgan fingerprint density at radius 2 is 1.79 bits per heavy atom. The number of hydrogen-bond acceptors (Lipinski definition) is 3. The molecule has 204 valence electrons. The van der Waals surface area contributed by atoms with Gasteiger partial charge in [-0.25, -0.2) is 13.6 Å². The molecule has 1 aliphatic heterocycles. The summed E-state index contributed by atoms with van der Waals surface area (Å²) < 4.78 is 24.4. The molecule has 2 aromatic carbocycles. The number of likely N-dealkylation sites (tertiary alicyclic amines) is 1. The summed E-state index contributed by atoms with van der Waals surface area (Å²) in [5, 5.41) is 7.04. The van der Waals surface area contributed by atoms with E-state index < -0.39 is 20.2 Å². The van der Waals surface area contributed by atoms with E-state index in [1.54, 1.807) is 0 Å². The van der Waals surface area contributed by atoms with E-state index in [2.05, 4.69) is 24.5 Å². The smallest absolute Gasteiger partial charge is 0.229 e. The normalized spacial score (nSPS) is 27.7. The average Bonchev–Trinajstić information content (AvgIpc) is 3.79. The zero-order chi connectivity index (χ0) is 27.3. The first kappa shape index (κ1) is 27.7. The Balaban J connectivity index is 1.70. The minimum atomic E-state index is -3.74. The Labute approximate surface area is 236 Å². The van der Waals surface area contributed by atoms with Crippen molar-refractivity contribution >= 4 is 39.1 Å². The number of carbonyl (C=O) groups excluding carboxylic acids is 1. The van der Waals surface area contributed by atoms with Crippen molar-refractivity contribution in [3.05, 3.63) is 82.4 Å². The van der Waals surface area contributed by atoms with Gasteiger partial charge in [0.1, 0.15) is 0 Å². The molecule has 3 aliphatic rings. The zero-order valence-corrected chi connectivity index (χ0v) is 24.1. The van der Waals surface area contributed by atoms with Crippen molar-refractivity contribution in [2.45, 2.75) is 81.0 Å². The van der Waals surface area contributed by atoms with Crippen LogP contribution in [0.15, 0.2) is 61.2 Å². The zero-order valence-electron chi connectivity index (χ0n) is 21.8. The van der Waals surface area contributed by atoms with E-state index in [9.17, 15) is 13.2 Å². The van der Waals surface area contributed by atoms with Crippen molar-refractivity contribution in [3.8, 4) is 0 Å². The van der Waals surface area contributed by atoms with Crippen molar-refractivity contribution in [2.75, 3.05) is 0 Å². The molecule has 0 unspecified atom stereocenters. The Bertz CT molecular complexity index is 1320. The Kier molecular flexibility index (Phi) is 7.49. The second kappa shape index (κ2) is 10.3. The summed E-state index contributed by atoms with van der Waals surface area (Å²) in [6, 6.07) is 15.1. The first-order chi connectivity index (χ1) is 18.0. The number of halogens is 2. The van der Waals surface area contributed by atoms with Crippen LogP contribution in [-0.2, 0) is 14.8 Å². The summed E-state index contributed by atoms with van der Waals surface area (Å²) in [4.78, 5) is 16.8. The molecule has 3 fully saturated rings. The van der Waals surface area contributed by atoms with Gasteiger partial charge < -0.3 is 4.90 Å². The van der Waals surface area contributed by atoms with Crippen LogP contribution in [0.25, 0.3) is 0 Å². The monoisotopic (exact) mass is 574 g/mol. The van der Waals surface area contributed by atoms with Crippen LogP contribution in [0.1, 0.15) is 81.4 Å². The number of rotatable bonds is 10. The van der Waals surface area contributed by atoms with Gasteiger partial charge in [0.05, 0.1) is 16.2 Å². The first-order valence-corrected chi connectivity index (χ1v) is 15.8. The lowest BCUT2D eigenvalue weighted by atomic mass is 9.64. The van der Waals surface area contributed by atoms with Crippen molar-refractivity contribution in [3.63, 3.8) is 0 Å². The van der Waals surface area contributed by atoms with Gasteiger partial charge in [-0.15, -0.1) is 6.58 Å². The molecule has 0 bridgehead atoms. The molecule has 2 saturated carbocycles. The largest absolute Gasteiger partial charge is 0.331 e. The molecule has 1 heterocycles. The second-order valence-electron chi connectivity index (χ2n) is 11.5. The number of amides is 1. The number of carbonyl (C=O) groups is 1. The SMILES string of the molecule is C=CC[C@@]1(CC)C[C@H](c2cccc(Cl)c2)[C@@H](c2ccc(Cl)cc2)N([C@@H](CC2(S(N)(=O)=O)CC2)C2CC2)C1=O. The molecule has 8 heteroatoms. The maximum atomic E-state index is 14.7. The van der Waals surface area contributed by atoms with Gasteiger partial charge in [0.2, 0.25) is 15.9 Å². The highest BCUT2D eigenvalue weighted by Crippen LogP contribution is 2.58. The number of nitrogens with zero attached hydrogens (tertiary/aromatic N) is 1. The van der Waals surface area contributed by atoms with Crippen molar-refractivity contribution in [1.82, 2.24) is 4.90 Å². The van der Waals surface area contributed by atoms with Gasteiger partial charge in [-0.1, -0.05) is 60.5 Å². The van der Waals surface area contributed by atoms with Crippen molar-refractivity contribution in [2.24, 2.45) is 16.5 Å². The predicted molar refractivity (Wildman–Crippen MR) is 154 cm³/mol. The van der Waals surface area contributed by atoms with Crippen LogP contribution in [0.3, 0.4) is 0 Å². The summed E-state index contributed by atoms with van der Waals surface area (Å²) in [6.07, 6.45) is 7.14. The topological polar surface area (TPSA) is 80.5 Å². The van der Waals surface area contributed by atoms with Crippen LogP contribution in [-0.4, -0.2) is 30.0 Å². The number of primary sulfonamides is 1. The molecule has 38 heavy (non-hydrogen) atoms. The molecule has 1 saturated heterocycles. The van der Waals surface area contributed by atoms with E-state index in [0.29, 0.717) is 48.6 Å². The van der Waals surface area contributed by atoms with Gasteiger partial charge in [-0.3, -0.25) is 4.79 Å². The van der Waals surface area contributed by atoms with Crippen LogP contribution in [0, 0.1) is 11.3 Å². The molecular weight excluding hydrogens is 539 g/mol. The van der Waals surface area contributed by atoms with Gasteiger partial charge in [-0.05, 0) is 92.7 Å². The molecule has 2 aliphatic carbocycles. The molecule has 5 nitrogen and oxygen atoms in total. The minimum absolute atomic E-state index is 0.0432. The van der Waals surface area contributed by atoms with Gasteiger partial charge in [0.15, 0.2) is 0 Å². The second-order valence-corrected chi connectivity index (χ2v) is 14.4. The highest BCUT2D eigenvalue weighted by atomic mass is 35.5. The highest BCUT2D eigenvalue weighted by Gasteiger charge is 2.60. The maximum absolute atomic E-state index is 14.7. The maximum Gasteiger partial charge on any atom is 0.229 e. The Morgan fingerprint density at radius 3 is 2.32 bits per heavy atom. The molecule has 0 aromatic heterocycles. The lowest BCUT2D eigenvalue weighted by molar-refractivity contribution is -0.157. The fraction of sp³-hybridized carbons (Fsp3) is 0.500. The Hall–Kier alpha value is -1.86. The van der Waals surface area contributed by atoms with Crippen molar-refractivity contribution < 1.29 is 13.2 Å². The number of hydrogen-bond donors (Lipinski definition) is 1. The molecule has 0 spiro atoms. The third kappa shape index (κ3) is 5.05. The summed E-state index contributed by atoms with van der Waals surface area (Å²) >= 11 is 12.8. The number of allylic oxidation sites excluding steroid dienone is 1. The summed E-state index contributed by atoms with van der Waals surface area (Å²) in [5.41, 5.74) is 1.42. The predicted octanol–water partition coefficient (Wildman–Crippen LogP) is 7.01. The lowest BCUT2D eigenvalue weighted by Gasteiger charge is -2.53. The summed E-state index contributed by atoms with van der Waals surface area (Å²) in [6.45, 7) is 6.06. The van der Waals surface area contributed by atoms with E-state index >= 15 is 0 Å². The third-order valence-corrected chi connectivity index (χ3v) is 11.5. The number of piperidine rings is 1. The van der Waals surface area contributed by atoms with Gasteiger partial charge in [0, 0.05) is 22.0 Å². The number of benzene rings is 2. The lowest BCUT2D eigenvalue weighted by Crippen LogP contribution is -2.58. The first-order valence-electron chi connectivity index (χ1n) is 13.5. The van der Waals surface area contributed by atoms with E-state index in [-0.39, 0.29) is 29.8 Å². The van der Waals surface area contributed by atoms with Crippen LogP contribution in [0.4, 0.5) is 0 Å². The molecular formula is C30H36Cl2N2O3S. The standard InChI is InChI=1S/C30H36Cl2N2O3S/c1-3-14-29(4-2)18-25(22-6-5-7-24(32)17-22)27(21-10-12-23(31)13-11-21)34(28(29)35)26(20-8-9-20)19-30(15-16-30)38(33,36)37/h3,5-7,10-13,17,20,25-27H,1,4,8-9,14-16,18-19H2,2H3,(H2,33,36,37)/t25-,26+,27-,29+/m1/s1. The Morgan fingerprint density at radius 1 is 1.11 bits per heavy atom. The highest BCUT2D eigenvalue weighted by molar-refractivity contribution is 7.90. The fourth-order valence-electron chi connectivity index (χ4n) is 6.65. The van der Waals surface area contributed by atoms with Crippen LogP contribution in [0.5, 0.6) is 0 Å². The quantitative estimate of drug-likeness (QED) is 0.310. The molecule has 2 aromatic rings. The molecule has 5 rings (SSSR count). The van der Waals surface area contributed by atoms with Gasteiger partial charge in [-0.2, -0.15) is 0 Å². The number of nitrogens with two attached hydrogens (primary N) is 1. The molecule has 2 N–H and O–H groups in total. The van der Waals surface area contributed by atoms with Crippen LogP contribution in [0.2, 0.25) is 10.0 Å². The van der Waals surface area contributed by atoms with Crippen LogP contribution < -0.4 is 5.14 Å². The summed E-state index contributed by atoms with van der Waals surface area (Å²) in [5.74, 6) is 0.294. The van der Waals surface area contributed by atoms with Gasteiger partial charge in [0.25, 0.3) is 0 Å². The summed E-state index contributed by atoms with van der Waals surface area (Å²) in [7, 11) is -3.74. The minimum Gasteiger partial charge on any atom is -0.331 e. The fourth-order valence-corrected chi connectivity index (χ4v) is 8.05. The van der Waals surface area contributed by atoms with Crippen molar-refractivity contribution in [1.29, 1.82) is 0 Å². The van der Waals surface area contributed by atoms with E-state index in [0.717, 1.165) is 24.0 Å². The molecule has 1 amide bonds. The van der Waals surface area contributed by atoms with E-state index in [4.69, 9.17) is 28.3 Å². The number of sulfonamides is 1. The molecule has 0 radical (unpaired) electrons. The van der Waals surface area contributed by atoms with Gasteiger partial charge >= 0.3 is 0 Å². The average molecular weight is 576 g/mol. The van der Waals surface area contributed by atoms with E-state index in [1.165, 1.54) is 0 Å². The molecule has 4 atom stereocenters.